The highest BCUT2D eigenvalue weighted by Crippen LogP contribution is 2.23. The van der Waals surface area contributed by atoms with E-state index in [-0.39, 0.29) is 22.8 Å². The molecule has 0 fully saturated rings. The summed E-state index contributed by atoms with van der Waals surface area (Å²) in [4.78, 5) is 10.5. The molecule has 0 aliphatic heterocycles. The lowest BCUT2D eigenvalue weighted by molar-refractivity contribution is 0.0696. The van der Waals surface area contributed by atoms with Gasteiger partial charge in [-0.2, -0.15) is 0 Å². The van der Waals surface area contributed by atoms with Crippen molar-refractivity contribution in [3.8, 4) is 0 Å². The SMILES string of the molecule is Cc1c(F)cc(C(=O)O)cc1S(=O)(=O)CC(C)CO. The van der Waals surface area contributed by atoms with E-state index in [9.17, 15) is 17.6 Å². The van der Waals surface area contributed by atoms with E-state index in [0.29, 0.717) is 0 Å². The second-order valence-corrected chi connectivity index (χ2v) is 6.46. The maximum absolute atomic E-state index is 13.6. The van der Waals surface area contributed by atoms with Crippen LogP contribution in [0.5, 0.6) is 0 Å². The molecular formula is C12H15FO5S. The molecule has 0 aliphatic rings. The molecule has 106 valence electrons. The summed E-state index contributed by atoms with van der Waals surface area (Å²) in [6, 6.07) is 1.73. The largest absolute Gasteiger partial charge is 0.478 e. The summed E-state index contributed by atoms with van der Waals surface area (Å²) in [5.41, 5.74) is -0.534. The van der Waals surface area contributed by atoms with Gasteiger partial charge in [-0.15, -0.1) is 0 Å². The lowest BCUT2D eigenvalue weighted by Crippen LogP contribution is -2.18. The average molecular weight is 290 g/mol. The van der Waals surface area contributed by atoms with E-state index in [1.807, 2.05) is 0 Å². The maximum atomic E-state index is 13.6. The molecule has 0 bridgehead atoms. The monoisotopic (exact) mass is 290 g/mol. The van der Waals surface area contributed by atoms with Gasteiger partial charge in [0.15, 0.2) is 9.84 Å². The predicted octanol–water partition coefficient (Wildman–Crippen LogP) is 1.23. The minimum absolute atomic E-state index is 0.116. The Kier molecular flexibility index (Phi) is 4.65. The Balaban J connectivity index is 3.37. The van der Waals surface area contributed by atoms with Gasteiger partial charge in [-0.05, 0) is 25.0 Å². The molecule has 0 amide bonds. The van der Waals surface area contributed by atoms with Crippen molar-refractivity contribution in [2.75, 3.05) is 12.4 Å². The predicted molar refractivity (Wildman–Crippen MR) is 66.4 cm³/mol. The molecule has 1 rings (SSSR count). The van der Waals surface area contributed by atoms with E-state index in [2.05, 4.69) is 0 Å². The maximum Gasteiger partial charge on any atom is 0.335 e. The quantitative estimate of drug-likeness (QED) is 0.851. The molecule has 7 heteroatoms. The lowest BCUT2D eigenvalue weighted by atomic mass is 10.1. The van der Waals surface area contributed by atoms with Gasteiger partial charge in [0.05, 0.1) is 16.2 Å². The van der Waals surface area contributed by atoms with Crippen LogP contribution in [0.1, 0.15) is 22.8 Å². The summed E-state index contributed by atoms with van der Waals surface area (Å²) < 4.78 is 37.7. The standard InChI is InChI=1S/C12H15FO5S/c1-7(5-14)6-19(17,18)11-4-9(12(15)16)3-10(13)8(11)2/h3-4,7,14H,5-6H2,1-2H3,(H,15,16). The molecule has 0 radical (unpaired) electrons. The summed E-state index contributed by atoms with van der Waals surface area (Å²) in [5, 5.41) is 17.7. The number of carbonyl (C=O) groups is 1. The van der Waals surface area contributed by atoms with Gasteiger partial charge in [0.2, 0.25) is 0 Å². The lowest BCUT2D eigenvalue weighted by Gasteiger charge is -2.12. The molecule has 0 aromatic heterocycles. The van der Waals surface area contributed by atoms with Crippen LogP contribution in [0.4, 0.5) is 4.39 Å². The first-order valence-corrected chi connectivity index (χ1v) is 7.21. The van der Waals surface area contributed by atoms with Gasteiger partial charge < -0.3 is 10.2 Å². The van der Waals surface area contributed by atoms with E-state index >= 15 is 0 Å². The molecule has 1 unspecified atom stereocenters. The number of halogens is 1. The van der Waals surface area contributed by atoms with Crippen LogP contribution in [0.3, 0.4) is 0 Å². The third-order valence-corrected chi connectivity index (χ3v) is 4.80. The molecule has 2 N–H and O–H groups in total. The van der Waals surface area contributed by atoms with Gasteiger partial charge in [-0.1, -0.05) is 6.92 Å². The van der Waals surface area contributed by atoms with Gasteiger partial charge in [-0.3, -0.25) is 0 Å². The minimum Gasteiger partial charge on any atom is -0.478 e. The number of rotatable bonds is 5. The molecular weight excluding hydrogens is 275 g/mol. The summed E-state index contributed by atoms with van der Waals surface area (Å²) in [7, 11) is -3.84. The number of sulfone groups is 1. The average Bonchev–Trinajstić information content (AvgIpc) is 2.31. The Morgan fingerprint density at radius 1 is 1.42 bits per heavy atom. The summed E-state index contributed by atoms with van der Waals surface area (Å²) in [5.74, 6) is -3.16. The third kappa shape index (κ3) is 3.51. The number of hydrogen-bond acceptors (Lipinski definition) is 4. The highest BCUT2D eigenvalue weighted by molar-refractivity contribution is 7.91. The molecule has 0 saturated heterocycles. The van der Waals surface area contributed by atoms with Crippen LogP contribution in [0.25, 0.3) is 0 Å². The van der Waals surface area contributed by atoms with Crippen molar-refractivity contribution in [3.63, 3.8) is 0 Å². The van der Waals surface area contributed by atoms with Crippen LogP contribution in [0.15, 0.2) is 17.0 Å². The third-order valence-electron chi connectivity index (χ3n) is 2.69. The van der Waals surface area contributed by atoms with Crippen LogP contribution in [-0.4, -0.2) is 37.0 Å². The number of aliphatic hydroxyl groups excluding tert-OH is 1. The minimum atomic E-state index is -3.84. The number of benzene rings is 1. The second-order valence-electron chi connectivity index (χ2n) is 4.46. The van der Waals surface area contributed by atoms with Gasteiger partial charge in [0.1, 0.15) is 5.82 Å². The van der Waals surface area contributed by atoms with Crippen molar-refractivity contribution in [2.24, 2.45) is 5.92 Å². The van der Waals surface area contributed by atoms with Gasteiger partial charge >= 0.3 is 5.97 Å². The van der Waals surface area contributed by atoms with E-state index < -0.39 is 33.1 Å². The van der Waals surface area contributed by atoms with Crippen molar-refractivity contribution in [2.45, 2.75) is 18.7 Å². The van der Waals surface area contributed by atoms with Crippen molar-refractivity contribution in [1.82, 2.24) is 0 Å². The Hall–Kier alpha value is -1.47. The van der Waals surface area contributed by atoms with E-state index in [0.717, 1.165) is 12.1 Å². The Morgan fingerprint density at radius 3 is 2.47 bits per heavy atom. The fraction of sp³-hybridized carbons (Fsp3) is 0.417. The molecule has 1 aromatic rings. The fourth-order valence-electron chi connectivity index (χ4n) is 1.62. The second kappa shape index (κ2) is 5.66. The topological polar surface area (TPSA) is 91.7 Å². The van der Waals surface area contributed by atoms with Crippen molar-refractivity contribution in [1.29, 1.82) is 0 Å². The molecule has 1 atom stereocenters. The molecule has 0 spiro atoms. The number of hydrogen-bond donors (Lipinski definition) is 2. The van der Waals surface area contributed by atoms with Gasteiger partial charge in [0.25, 0.3) is 0 Å². The molecule has 0 aliphatic carbocycles. The Labute approximate surface area is 110 Å². The van der Waals surface area contributed by atoms with Gasteiger partial charge in [0, 0.05) is 12.2 Å². The van der Waals surface area contributed by atoms with E-state index in [4.69, 9.17) is 10.2 Å². The smallest absolute Gasteiger partial charge is 0.335 e. The van der Waals surface area contributed by atoms with Gasteiger partial charge in [-0.25, -0.2) is 17.6 Å². The van der Waals surface area contributed by atoms with Crippen molar-refractivity contribution >= 4 is 15.8 Å². The highest BCUT2D eigenvalue weighted by Gasteiger charge is 2.24. The first-order chi connectivity index (χ1) is 8.69. The Bertz CT molecular complexity index is 594. The highest BCUT2D eigenvalue weighted by atomic mass is 32.2. The molecule has 19 heavy (non-hydrogen) atoms. The summed E-state index contributed by atoms with van der Waals surface area (Å²) in [6.07, 6.45) is 0. The Morgan fingerprint density at radius 2 is 2.00 bits per heavy atom. The zero-order valence-electron chi connectivity index (χ0n) is 10.6. The number of aromatic carboxylic acids is 1. The van der Waals surface area contributed by atoms with Crippen LogP contribution >= 0.6 is 0 Å². The van der Waals surface area contributed by atoms with Crippen LogP contribution < -0.4 is 0 Å². The number of carboxylic acids is 1. The fourth-order valence-corrected chi connectivity index (χ4v) is 3.52. The molecule has 0 saturated carbocycles. The van der Waals surface area contributed by atoms with Crippen molar-refractivity contribution in [3.05, 3.63) is 29.1 Å². The van der Waals surface area contributed by atoms with E-state index in [1.54, 1.807) is 0 Å². The number of aliphatic hydroxyl groups is 1. The van der Waals surface area contributed by atoms with Crippen LogP contribution in [0.2, 0.25) is 0 Å². The normalized spacial score (nSPS) is 13.3. The summed E-state index contributed by atoms with van der Waals surface area (Å²) in [6.45, 7) is 2.49. The molecule has 1 aromatic carbocycles. The zero-order valence-corrected chi connectivity index (χ0v) is 11.4. The zero-order chi connectivity index (χ0) is 14.8. The first-order valence-electron chi connectivity index (χ1n) is 5.56. The molecule has 5 nitrogen and oxygen atoms in total. The van der Waals surface area contributed by atoms with Crippen LogP contribution in [-0.2, 0) is 9.84 Å². The van der Waals surface area contributed by atoms with E-state index in [1.165, 1.54) is 13.8 Å². The number of carboxylic acid groups (broad SMARTS) is 1. The first kappa shape index (κ1) is 15.6. The van der Waals surface area contributed by atoms with Crippen molar-refractivity contribution < 1.29 is 27.8 Å². The van der Waals surface area contributed by atoms with Crippen LogP contribution in [0, 0.1) is 18.7 Å². The summed E-state index contributed by atoms with van der Waals surface area (Å²) >= 11 is 0. The molecule has 0 heterocycles.